The average molecular weight is 168 g/mol. The molecule has 0 aliphatic rings. The standard InChI is InChI=1S/C9H12O3/c1-7(11-3)8-4-5-12-9(8)6-10-2/h4-5H,1,6H2,2-3H3. The van der Waals surface area contributed by atoms with Gasteiger partial charge in [-0.1, -0.05) is 6.58 Å². The number of ether oxygens (including phenoxy) is 2. The van der Waals surface area contributed by atoms with E-state index in [-0.39, 0.29) is 0 Å². The van der Waals surface area contributed by atoms with Crippen molar-refractivity contribution in [3.05, 3.63) is 30.2 Å². The summed E-state index contributed by atoms with van der Waals surface area (Å²) in [6.45, 7) is 4.16. The van der Waals surface area contributed by atoms with Crippen LogP contribution >= 0.6 is 0 Å². The van der Waals surface area contributed by atoms with Crippen molar-refractivity contribution in [1.82, 2.24) is 0 Å². The second kappa shape index (κ2) is 3.97. The topological polar surface area (TPSA) is 31.6 Å². The van der Waals surface area contributed by atoms with Gasteiger partial charge in [0.05, 0.1) is 18.9 Å². The molecule has 1 rings (SSSR count). The van der Waals surface area contributed by atoms with E-state index in [9.17, 15) is 0 Å². The van der Waals surface area contributed by atoms with Gasteiger partial charge in [0.25, 0.3) is 0 Å². The average Bonchev–Trinajstić information content (AvgIpc) is 2.52. The summed E-state index contributed by atoms with van der Waals surface area (Å²) in [6, 6.07) is 1.81. The molecule has 0 amide bonds. The summed E-state index contributed by atoms with van der Waals surface area (Å²) in [7, 11) is 3.19. The summed E-state index contributed by atoms with van der Waals surface area (Å²) in [5.41, 5.74) is 0.861. The van der Waals surface area contributed by atoms with Gasteiger partial charge in [0.1, 0.15) is 18.1 Å². The highest BCUT2D eigenvalue weighted by atomic mass is 16.5. The Morgan fingerprint density at radius 2 is 2.33 bits per heavy atom. The predicted molar refractivity (Wildman–Crippen MR) is 45.5 cm³/mol. The number of hydrogen-bond acceptors (Lipinski definition) is 3. The Kier molecular flexibility index (Phi) is 2.94. The van der Waals surface area contributed by atoms with Crippen LogP contribution in [0.2, 0.25) is 0 Å². The third kappa shape index (κ3) is 1.68. The van der Waals surface area contributed by atoms with Crippen LogP contribution in [0.15, 0.2) is 23.3 Å². The minimum absolute atomic E-state index is 0.435. The molecule has 0 atom stereocenters. The van der Waals surface area contributed by atoms with Crippen molar-refractivity contribution < 1.29 is 13.9 Å². The zero-order valence-corrected chi connectivity index (χ0v) is 7.29. The van der Waals surface area contributed by atoms with Gasteiger partial charge < -0.3 is 13.9 Å². The molecule has 0 radical (unpaired) electrons. The van der Waals surface area contributed by atoms with Crippen LogP contribution in [0.5, 0.6) is 0 Å². The molecule has 0 saturated carbocycles. The predicted octanol–water partition coefficient (Wildman–Crippen LogP) is 2.04. The van der Waals surface area contributed by atoms with Gasteiger partial charge in [-0.05, 0) is 6.07 Å². The molecular weight excluding hydrogens is 156 g/mol. The van der Waals surface area contributed by atoms with Crippen LogP contribution in [-0.2, 0) is 16.1 Å². The summed E-state index contributed by atoms with van der Waals surface area (Å²) in [5.74, 6) is 1.33. The first-order valence-corrected chi connectivity index (χ1v) is 3.58. The zero-order chi connectivity index (χ0) is 8.97. The van der Waals surface area contributed by atoms with Gasteiger partial charge >= 0.3 is 0 Å². The van der Waals surface area contributed by atoms with Crippen molar-refractivity contribution in [3.63, 3.8) is 0 Å². The quantitative estimate of drug-likeness (QED) is 0.645. The maximum atomic E-state index is 5.16. The van der Waals surface area contributed by atoms with Crippen LogP contribution in [0.3, 0.4) is 0 Å². The van der Waals surface area contributed by atoms with Crippen molar-refractivity contribution in [1.29, 1.82) is 0 Å². The van der Waals surface area contributed by atoms with Crippen LogP contribution in [0.25, 0.3) is 5.76 Å². The Bertz CT molecular complexity index is 262. The molecule has 0 unspecified atom stereocenters. The van der Waals surface area contributed by atoms with E-state index < -0.39 is 0 Å². The number of methoxy groups -OCH3 is 2. The first-order valence-electron chi connectivity index (χ1n) is 3.58. The van der Waals surface area contributed by atoms with Gasteiger partial charge in [0.15, 0.2) is 0 Å². The van der Waals surface area contributed by atoms with E-state index >= 15 is 0 Å². The molecule has 0 bridgehead atoms. The van der Waals surface area contributed by atoms with E-state index in [0.29, 0.717) is 12.4 Å². The summed E-state index contributed by atoms with van der Waals surface area (Å²) in [6.07, 6.45) is 1.59. The van der Waals surface area contributed by atoms with Crippen molar-refractivity contribution in [2.45, 2.75) is 6.61 Å². The van der Waals surface area contributed by atoms with Crippen molar-refractivity contribution >= 4 is 5.76 Å². The van der Waals surface area contributed by atoms with E-state index in [1.54, 1.807) is 26.5 Å². The zero-order valence-electron chi connectivity index (χ0n) is 7.29. The molecule has 0 fully saturated rings. The molecule has 0 aliphatic carbocycles. The SMILES string of the molecule is C=C(OC)c1ccoc1COC. The monoisotopic (exact) mass is 168 g/mol. The molecule has 1 aromatic heterocycles. The lowest BCUT2D eigenvalue weighted by atomic mass is 10.2. The molecule has 3 heteroatoms. The van der Waals surface area contributed by atoms with Crippen molar-refractivity contribution in [2.24, 2.45) is 0 Å². The molecule has 0 aliphatic heterocycles. The summed E-state index contributed by atoms with van der Waals surface area (Å²) in [5, 5.41) is 0. The molecule has 1 aromatic rings. The first-order chi connectivity index (χ1) is 5.79. The Hall–Kier alpha value is -1.22. The number of hydrogen-bond donors (Lipinski definition) is 0. The highest BCUT2D eigenvalue weighted by molar-refractivity contribution is 5.58. The van der Waals surface area contributed by atoms with Gasteiger partial charge in [-0.25, -0.2) is 0 Å². The fraction of sp³-hybridized carbons (Fsp3) is 0.333. The Morgan fingerprint density at radius 1 is 1.58 bits per heavy atom. The third-order valence-corrected chi connectivity index (χ3v) is 1.57. The van der Waals surface area contributed by atoms with Crippen LogP contribution < -0.4 is 0 Å². The summed E-state index contributed by atoms with van der Waals surface area (Å²) >= 11 is 0. The van der Waals surface area contributed by atoms with Crippen LogP contribution in [0, 0.1) is 0 Å². The second-order valence-electron chi connectivity index (χ2n) is 2.32. The van der Waals surface area contributed by atoms with Crippen LogP contribution in [0.4, 0.5) is 0 Å². The molecule has 66 valence electrons. The van der Waals surface area contributed by atoms with E-state index in [2.05, 4.69) is 6.58 Å². The lowest BCUT2D eigenvalue weighted by molar-refractivity contribution is 0.163. The molecule has 3 nitrogen and oxygen atoms in total. The van der Waals surface area contributed by atoms with Crippen molar-refractivity contribution in [3.8, 4) is 0 Å². The van der Waals surface area contributed by atoms with Gasteiger partial charge in [0.2, 0.25) is 0 Å². The lowest BCUT2D eigenvalue weighted by Crippen LogP contribution is -1.91. The van der Waals surface area contributed by atoms with E-state index in [1.807, 2.05) is 0 Å². The van der Waals surface area contributed by atoms with Crippen LogP contribution in [-0.4, -0.2) is 14.2 Å². The lowest BCUT2D eigenvalue weighted by Gasteiger charge is -2.03. The number of rotatable bonds is 4. The van der Waals surface area contributed by atoms with Crippen LogP contribution in [0.1, 0.15) is 11.3 Å². The minimum atomic E-state index is 0.435. The van der Waals surface area contributed by atoms with Gasteiger partial charge in [0, 0.05) is 7.11 Å². The smallest absolute Gasteiger partial charge is 0.140 e. The third-order valence-electron chi connectivity index (χ3n) is 1.57. The van der Waals surface area contributed by atoms with E-state index in [0.717, 1.165) is 11.3 Å². The molecule has 0 N–H and O–H groups in total. The summed E-state index contributed by atoms with van der Waals surface area (Å²) < 4.78 is 15.1. The van der Waals surface area contributed by atoms with Crippen molar-refractivity contribution in [2.75, 3.05) is 14.2 Å². The molecule has 0 aromatic carbocycles. The van der Waals surface area contributed by atoms with Gasteiger partial charge in [-0.15, -0.1) is 0 Å². The Labute approximate surface area is 71.6 Å². The fourth-order valence-electron chi connectivity index (χ4n) is 0.942. The molecule has 12 heavy (non-hydrogen) atoms. The normalized spacial score (nSPS) is 9.83. The molecule has 0 saturated heterocycles. The highest BCUT2D eigenvalue weighted by Gasteiger charge is 2.08. The Balaban J connectivity index is 2.83. The maximum absolute atomic E-state index is 5.16. The second-order valence-corrected chi connectivity index (χ2v) is 2.32. The summed E-state index contributed by atoms with van der Waals surface area (Å²) in [4.78, 5) is 0. The maximum Gasteiger partial charge on any atom is 0.140 e. The van der Waals surface area contributed by atoms with Gasteiger partial charge in [-0.2, -0.15) is 0 Å². The van der Waals surface area contributed by atoms with E-state index in [1.165, 1.54) is 0 Å². The van der Waals surface area contributed by atoms with Gasteiger partial charge in [-0.3, -0.25) is 0 Å². The Morgan fingerprint density at radius 3 is 2.92 bits per heavy atom. The largest absolute Gasteiger partial charge is 0.497 e. The highest BCUT2D eigenvalue weighted by Crippen LogP contribution is 2.19. The molecule has 0 spiro atoms. The fourth-order valence-corrected chi connectivity index (χ4v) is 0.942. The molecular formula is C9H12O3. The van der Waals surface area contributed by atoms with E-state index in [4.69, 9.17) is 13.9 Å². The first kappa shape index (κ1) is 8.87. The number of furan rings is 1. The molecule has 1 heterocycles. The minimum Gasteiger partial charge on any atom is -0.497 e.